The molecule has 0 amide bonds. The Bertz CT molecular complexity index is 1180. The molecule has 1 aromatic heterocycles. The monoisotopic (exact) mass is 408 g/mol. The second-order valence-electron chi connectivity index (χ2n) is 6.70. The van der Waals surface area contributed by atoms with Gasteiger partial charge in [-0.3, -0.25) is 9.89 Å². The maximum atomic E-state index is 12.4. The van der Waals surface area contributed by atoms with Gasteiger partial charge in [-0.05, 0) is 5.56 Å². The number of nitrogens with zero attached hydrogens (tertiary/aromatic N) is 4. The normalized spacial score (nSPS) is 12.2. The lowest BCUT2D eigenvalue weighted by molar-refractivity contribution is 0.0600. The summed E-state index contributed by atoms with van der Waals surface area (Å²) in [6.45, 7) is 0.286. The van der Waals surface area contributed by atoms with E-state index in [4.69, 9.17) is 9.47 Å². The van der Waals surface area contributed by atoms with Gasteiger partial charge in [0.05, 0.1) is 18.7 Å². The first-order valence-electron chi connectivity index (χ1n) is 9.23. The largest absolute Gasteiger partial charge is 0.465 e. The Morgan fingerprint density at radius 2 is 1.93 bits per heavy atom. The molecule has 10 nitrogen and oxygen atoms in total. The molecule has 0 unspecified atom stereocenters. The molecule has 0 radical (unpaired) electrons. The van der Waals surface area contributed by atoms with Crippen molar-refractivity contribution in [3.8, 4) is 11.3 Å². The molecule has 2 aliphatic rings. The van der Waals surface area contributed by atoms with Gasteiger partial charge < -0.3 is 14.0 Å². The number of methoxy groups -OCH3 is 2. The van der Waals surface area contributed by atoms with Crippen LogP contribution in [-0.4, -0.2) is 50.1 Å². The number of hydrogen-bond acceptors (Lipinski definition) is 7. The molecular weight excluding hydrogens is 388 g/mol. The van der Waals surface area contributed by atoms with Crippen molar-refractivity contribution < 1.29 is 14.3 Å². The van der Waals surface area contributed by atoms with E-state index in [0.717, 1.165) is 5.56 Å². The van der Waals surface area contributed by atoms with Gasteiger partial charge >= 0.3 is 5.97 Å². The molecule has 1 aromatic carbocycles. The zero-order valence-electron chi connectivity index (χ0n) is 16.5. The molecule has 4 rings (SSSR count). The molecule has 1 atom stereocenters. The first kappa shape index (κ1) is 19.5. The van der Waals surface area contributed by atoms with Crippen molar-refractivity contribution in [2.24, 2.45) is 0 Å². The van der Waals surface area contributed by atoms with Crippen LogP contribution in [0.2, 0.25) is 0 Å². The van der Waals surface area contributed by atoms with E-state index in [1.165, 1.54) is 7.11 Å². The zero-order chi connectivity index (χ0) is 21.1. The van der Waals surface area contributed by atoms with Gasteiger partial charge in [-0.25, -0.2) is 14.9 Å². The third-order valence-corrected chi connectivity index (χ3v) is 4.75. The number of rotatable bonds is 7. The van der Waals surface area contributed by atoms with Crippen LogP contribution in [-0.2, 0) is 22.5 Å². The fraction of sp³-hybridized carbons (Fsp3) is 0.250. The first-order valence-corrected chi connectivity index (χ1v) is 9.23. The first-order chi connectivity index (χ1) is 14.6. The van der Waals surface area contributed by atoms with Crippen LogP contribution in [0.3, 0.4) is 0 Å². The average Bonchev–Trinajstić information content (AvgIpc) is 3.39. The number of nitrogens with one attached hydrogen (secondary N) is 2. The van der Waals surface area contributed by atoms with Crippen molar-refractivity contribution in [1.82, 2.24) is 29.9 Å². The third-order valence-electron chi connectivity index (χ3n) is 4.75. The predicted molar refractivity (Wildman–Crippen MR) is 106 cm³/mol. The van der Waals surface area contributed by atoms with Gasteiger partial charge in [0.25, 0.3) is 5.56 Å². The van der Waals surface area contributed by atoms with Crippen molar-refractivity contribution in [3.63, 3.8) is 0 Å². The second-order valence-corrected chi connectivity index (χ2v) is 6.70. The predicted octanol–water partition coefficient (Wildman–Crippen LogP) is 1.56. The minimum absolute atomic E-state index is 0.180. The van der Waals surface area contributed by atoms with Crippen LogP contribution in [0.1, 0.15) is 33.6 Å². The van der Waals surface area contributed by atoms with E-state index in [2.05, 4.69) is 25.4 Å². The second kappa shape index (κ2) is 8.29. The molecule has 0 saturated heterocycles. The van der Waals surface area contributed by atoms with Gasteiger partial charge in [0.1, 0.15) is 17.9 Å². The average molecular weight is 408 g/mol. The van der Waals surface area contributed by atoms with E-state index < -0.39 is 17.6 Å². The van der Waals surface area contributed by atoms with E-state index in [0.29, 0.717) is 18.1 Å². The van der Waals surface area contributed by atoms with Gasteiger partial charge in [0.2, 0.25) is 0 Å². The number of pyridine rings is 1. The number of carbonyl (C=O) groups excluding carboxylic acids is 1. The minimum atomic E-state index is -0.589. The summed E-state index contributed by atoms with van der Waals surface area (Å²) in [4.78, 5) is 29.1. The van der Waals surface area contributed by atoms with Crippen molar-refractivity contribution in [3.05, 3.63) is 75.9 Å². The molecule has 154 valence electrons. The summed E-state index contributed by atoms with van der Waals surface area (Å²) in [5.74, 6) is 0.490. The third kappa shape index (κ3) is 3.72. The Morgan fingerprint density at radius 3 is 2.67 bits per heavy atom. The number of hydrogen-bond donors (Lipinski definition) is 2. The Kier molecular flexibility index (Phi) is 5.40. The Labute approximate surface area is 171 Å². The van der Waals surface area contributed by atoms with Crippen molar-refractivity contribution >= 4 is 5.97 Å². The summed E-state index contributed by atoms with van der Waals surface area (Å²) in [5, 5.41) is 13.6. The number of carbonyl (C=O) groups is 1. The van der Waals surface area contributed by atoms with Crippen LogP contribution in [0.25, 0.3) is 11.3 Å². The van der Waals surface area contributed by atoms with Crippen molar-refractivity contribution in [2.45, 2.75) is 19.1 Å². The molecule has 2 aliphatic heterocycles. The number of aromatic amines is 2. The summed E-state index contributed by atoms with van der Waals surface area (Å²) in [7, 11) is 2.85. The highest BCUT2D eigenvalue weighted by molar-refractivity contribution is 5.95. The van der Waals surface area contributed by atoms with Gasteiger partial charge in [-0.2, -0.15) is 10.2 Å². The van der Waals surface area contributed by atoms with Gasteiger partial charge in [-0.15, -0.1) is 0 Å². The van der Waals surface area contributed by atoms with E-state index in [-0.39, 0.29) is 23.4 Å². The number of ether oxygens (including phenoxy) is 2. The summed E-state index contributed by atoms with van der Waals surface area (Å²) < 4.78 is 11.8. The molecule has 2 N–H and O–H groups in total. The Balaban J connectivity index is 1.86. The van der Waals surface area contributed by atoms with Crippen molar-refractivity contribution in [1.29, 1.82) is 0 Å². The number of fused-ring (bicyclic) bond motifs is 1. The molecule has 0 fully saturated rings. The van der Waals surface area contributed by atoms with E-state index in [9.17, 15) is 9.59 Å². The van der Waals surface area contributed by atoms with Crippen LogP contribution in [0.5, 0.6) is 0 Å². The molecule has 0 aliphatic carbocycles. The highest BCUT2D eigenvalue weighted by atomic mass is 16.5. The molecule has 10 heteroatoms. The van der Waals surface area contributed by atoms with E-state index in [1.54, 1.807) is 24.1 Å². The number of H-pyrrole nitrogens is 2. The van der Waals surface area contributed by atoms with Crippen LogP contribution in [0.15, 0.2) is 47.5 Å². The SMILES string of the molecule is COCc1nc([C@@H](Cc2ccccc2)n2cc(C(=O)OC)c3n[nH]c(=O)c-3c2)n[nH]1. The summed E-state index contributed by atoms with van der Waals surface area (Å²) in [5.41, 5.74) is 1.37. The molecule has 0 bridgehead atoms. The maximum absolute atomic E-state index is 12.4. The summed E-state index contributed by atoms with van der Waals surface area (Å²) >= 11 is 0. The minimum Gasteiger partial charge on any atom is -0.465 e. The number of esters is 1. The Morgan fingerprint density at radius 1 is 1.13 bits per heavy atom. The van der Waals surface area contributed by atoms with Gasteiger partial charge in [-0.1, -0.05) is 30.3 Å². The lowest BCUT2D eigenvalue weighted by Gasteiger charge is -2.20. The van der Waals surface area contributed by atoms with Gasteiger partial charge in [0.15, 0.2) is 11.6 Å². The Hall–Kier alpha value is -3.79. The van der Waals surface area contributed by atoms with E-state index in [1.807, 2.05) is 30.3 Å². The molecule has 30 heavy (non-hydrogen) atoms. The maximum Gasteiger partial charge on any atom is 0.341 e. The highest BCUT2D eigenvalue weighted by Gasteiger charge is 2.26. The standard InChI is InChI=1S/C20H20N6O4/c1-29-11-16-21-18(24-22-16)15(8-12-6-4-3-5-7-12)26-9-13-17(23-25-19(13)27)14(10-26)20(28)30-2/h3-7,9-10,15H,8,11H2,1-2H3,(H,25,27)(H,21,22,24)/t15-/m1/s1. The topological polar surface area (TPSA) is 128 Å². The van der Waals surface area contributed by atoms with Crippen LogP contribution in [0.4, 0.5) is 0 Å². The molecule has 2 aromatic rings. The number of benzene rings is 1. The lowest BCUT2D eigenvalue weighted by Crippen LogP contribution is -2.19. The summed E-state index contributed by atoms with van der Waals surface area (Å²) in [6.07, 6.45) is 3.79. The fourth-order valence-corrected chi connectivity index (χ4v) is 3.32. The lowest BCUT2D eigenvalue weighted by atomic mass is 10.0. The molecule has 3 heterocycles. The van der Waals surface area contributed by atoms with Crippen LogP contribution < -0.4 is 5.56 Å². The molecule has 0 saturated carbocycles. The smallest absolute Gasteiger partial charge is 0.341 e. The van der Waals surface area contributed by atoms with Crippen molar-refractivity contribution in [2.75, 3.05) is 14.2 Å². The molecule has 0 spiro atoms. The quantitative estimate of drug-likeness (QED) is 0.444. The number of aromatic nitrogens is 6. The van der Waals surface area contributed by atoms with E-state index >= 15 is 0 Å². The van der Waals surface area contributed by atoms with Crippen LogP contribution >= 0.6 is 0 Å². The fourth-order valence-electron chi connectivity index (χ4n) is 3.32. The zero-order valence-corrected chi connectivity index (χ0v) is 16.5. The van der Waals surface area contributed by atoms with Gasteiger partial charge in [0, 0.05) is 25.9 Å². The summed E-state index contributed by atoms with van der Waals surface area (Å²) in [6, 6.07) is 9.42. The highest BCUT2D eigenvalue weighted by Crippen LogP contribution is 2.27. The van der Waals surface area contributed by atoms with Crippen LogP contribution in [0, 0.1) is 0 Å². The molecular formula is C20H20N6O4.